The average molecular weight is 437 g/mol. The number of thiophene rings is 1. The van der Waals surface area contributed by atoms with Crippen LogP contribution in [0.4, 0.5) is 5.00 Å². The molecule has 29 heavy (non-hydrogen) atoms. The molecule has 2 heterocycles. The molecular weight excluding hydrogens is 422 g/mol. The van der Waals surface area contributed by atoms with Crippen molar-refractivity contribution in [3.8, 4) is 11.5 Å². The number of amides is 1. The number of hydrogen-bond donors (Lipinski definition) is 0. The van der Waals surface area contributed by atoms with Crippen LogP contribution in [0.1, 0.15) is 9.67 Å². The zero-order valence-corrected chi connectivity index (χ0v) is 17.2. The van der Waals surface area contributed by atoms with Gasteiger partial charge in [0, 0.05) is 18.2 Å². The molecule has 0 bridgehead atoms. The highest BCUT2D eigenvalue weighted by molar-refractivity contribution is 7.17. The Morgan fingerprint density at radius 3 is 2.41 bits per heavy atom. The largest absolute Gasteiger partial charge is 0.493 e. The molecule has 1 amide bonds. The van der Waals surface area contributed by atoms with Gasteiger partial charge in [-0.1, -0.05) is 22.7 Å². The van der Waals surface area contributed by atoms with E-state index >= 15 is 0 Å². The maximum Gasteiger partial charge on any atom is 0.325 e. The topological polar surface area (TPSA) is 122 Å². The minimum atomic E-state index is -0.646. The highest BCUT2D eigenvalue weighted by atomic mass is 32.1. The second kappa shape index (κ2) is 8.41. The number of esters is 1. The van der Waals surface area contributed by atoms with Crippen molar-refractivity contribution in [1.82, 2.24) is 4.57 Å². The molecule has 0 radical (unpaired) electrons. The van der Waals surface area contributed by atoms with Gasteiger partial charge in [0.1, 0.15) is 11.4 Å². The minimum Gasteiger partial charge on any atom is -0.493 e. The van der Waals surface area contributed by atoms with E-state index in [4.69, 9.17) is 14.2 Å². The van der Waals surface area contributed by atoms with E-state index in [1.54, 1.807) is 12.1 Å². The number of carbonyl (C=O) groups excluding carboxylic acids is 2. The number of nitro groups is 1. The number of thiazole rings is 1. The predicted octanol–water partition coefficient (Wildman–Crippen LogP) is 2.60. The summed E-state index contributed by atoms with van der Waals surface area (Å²) < 4.78 is 17.6. The van der Waals surface area contributed by atoms with E-state index in [1.807, 2.05) is 0 Å². The molecule has 0 saturated heterocycles. The first-order valence-corrected chi connectivity index (χ1v) is 9.66. The van der Waals surface area contributed by atoms with Crippen LogP contribution in [0.5, 0.6) is 11.5 Å². The summed E-state index contributed by atoms with van der Waals surface area (Å²) >= 11 is 1.90. The van der Waals surface area contributed by atoms with Crippen LogP contribution < -0.4 is 14.3 Å². The van der Waals surface area contributed by atoms with Gasteiger partial charge in [-0.15, -0.1) is 0 Å². The number of aromatic nitrogens is 1. The molecule has 1 aromatic carbocycles. The Labute approximate surface area is 171 Å². The van der Waals surface area contributed by atoms with Crippen LogP contribution >= 0.6 is 22.7 Å². The Morgan fingerprint density at radius 1 is 1.14 bits per heavy atom. The number of methoxy groups -OCH3 is 3. The van der Waals surface area contributed by atoms with Crippen molar-refractivity contribution in [2.24, 2.45) is 4.99 Å². The maximum atomic E-state index is 12.5. The molecule has 0 fully saturated rings. The van der Waals surface area contributed by atoms with Crippen molar-refractivity contribution in [3.05, 3.63) is 44.1 Å². The molecule has 3 rings (SSSR count). The molecule has 12 heteroatoms. The van der Waals surface area contributed by atoms with Crippen LogP contribution in [0.3, 0.4) is 0 Å². The second-order valence-corrected chi connectivity index (χ2v) is 7.61. The Hall–Kier alpha value is -3.25. The Balaban J connectivity index is 2.17. The van der Waals surface area contributed by atoms with Crippen molar-refractivity contribution in [2.45, 2.75) is 6.54 Å². The molecule has 10 nitrogen and oxygen atoms in total. The van der Waals surface area contributed by atoms with Gasteiger partial charge in [0.2, 0.25) is 0 Å². The van der Waals surface area contributed by atoms with Crippen molar-refractivity contribution in [3.63, 3.8) is 0 Å². The Kier molecular flexibility index (Phi) is 5.94. The average Bonchev–Trinajstić information content (AvgIpc) is 3.32. The highest BCUT2D eigenvalue weighted by Crippen LogP contribution is 2.33. The SMILES string of the molecule is COC(=O)Cn1c(=NC(=O)c2ccc([N+](=O)[O-])s2)sc2cc(OC)c(OC)cc21. The molecule has 3 aromatic rings. The van der Waals surface area contributed by atoms with Crippen LogP contribution in [0.2, 0.25) is 0 Å². The van der Waals surface area contributed by atoms with Gasteiger partial charge in [-0.3, -0.25) is 19.7 Å². The molecule has 0 spiro atoms. The van der Waals surface area contributed by atoms with Gasteiger partial charge >= 0.3 is 11.0 Å². The number of nitrogens with zero attached hydrogens (tertiary/aromatic N) is 3. The van der Waals surface area contributed by atoms with Crippen LogP contribution in [0.15, 0.2) is 29.3 Å². The third kappa shape index (κ3) is 4.12. The summed E-state index contributed by atoms with van der Waals surface area (Å²) in [6, 6.07) is 5.98. The van der Waals surface area contributed by atoms with E-state index in [0.717, 1.165) is 22.7 Å². The van der Waals surface area contributed by atoms with Crippen LogP contribution in [-0.4, -0.2) is 42.7 Å². The van der Waals surface area contributed by atoms with Gasteiger partial charge in [-0.2, -0.15) is 4.99 Å². The zero-order valence-electron chi connectivity index (χ0n) is 15.5. The molecule has 0 aliphatic carbocycles. The summed E-state index contributed by atoms with van der Waals surface area (Å²) in [4.78, 5) is 39.1. The number of fused-ring (bicyclic) bond motifs is 1. The van der Waals surface area contributed by atoms with Gasteiger partial charge in [0.05, 0.1) is 36.5 Å². The predicted molar refractivity (Wildman–Crippen MR) is 106 cm³/mol. The fourth-order valence-corrected chi connectivity index (χ4v) is 4.25. The molecule has 2 aromatic heterocycles. The zero-order chi connectivity index (χ0) is 21.1. The fraction of sp³-hybridized carbons (Fsp3) is 0.235. The van der Waals surface area contributed by atoms with Gasteiger partial charge in [0.25, 0.3) is 5.91 Å². The molecule has 0 atom stereocenters. The van der Waals surface area contributed by atoms with Gasteiger partial charge in [-0.25, -0.2) is 0 Å². The molecule has 0 aliphatic heterocycles. The van der Waals surface area contributed by atoms with E-state index in [1.165, 1.54) is 38.0 Å². The molecule has 0 saturated carbocycles. The lowest BCUT2D eigenvalue weighted by molar-refractivity contribution is -0.380. The van der Waals surface area contributed by atoms with Crippen molar-refractivity contribution in [2.75, 3.05) is 21.3 Å². The third-order valence-electron chi connectivity index (χ3n) is 3.88. The van der Waals surface area contributed by atoms with E-state index in [0.29, 0.717) is 21.7 Å². The summed E-state index contributed by atoms with van der Waals surface area (Å²) in [6.07, 6.45) is 0. The third-order valence-corrected chi connectivity index (χ3v) is 5.95. The van der Waals surface area contributed by atoms with E-state index in [-0.39, 0.29) is 21.2 Å². The number of benzene rings is 1. The Bertz CT molecular complexity index is 1180. The van der Waals surface area contributed by atoms with Crippen molar-refractivity contribution < 1.29 is 28.7 Å². The minimum absolute atomic E-state index is 0.119. The van der Waals surface area contributed by atoms with E-state index < -0.39 is 16.8 Å². The van der Waals surface area contributed by atoms with Crippen molar-refractivity contribution in [1.29, 1.82) is 0 Å². The van der Waals surface area contributed by atoms with Gasteiger partial charge in [0.15, 0.2) is 16.3 Å². The summed E-state index contributed by atoms with van der Waals surface area (Å²) in [7, 11) is 4.24. The monoisotopic (exact) mass is 437 g/mol. The lowest BCUT2D eigenvalue weighted by Crippen LogP contribution is -2.22. The van der Waals surface area contributed by atoms with Gasteiger partial charge < -0.3 is 18.8 Å². The van der Waals surface area contributed by atoms with Gasteiger partial charge in [-0.05, 0) is 6.07 Å². The fourth-order valence-electron chi connectivity index (χ4n) is 2.51. The molecule has 152 valence electrons. The molecule has 0 N–H and O–H groups in total. The lowest BCUT2D eigenvalue weighted by atomic mass is 10.3. The first-order chi connectivity index (χ1) is 13.9. The highest BCUT2D eigenvalue weighted by Gasteiger charge is 2.18. The van der Waals surface area contributed by atoms with E-state index in [9.17, 15) is 19.7 Å². The summed E-state index contributed by atoms with van der Waals surface area (Å²) in [5.41, 5.74) is 0.599. The van der Waals surface area contributed by atoms with E-state index in [2.05, 4.69) is 4.99 Å². The van der Waals surface area contributed by atoms with Crippen LogP contribution in [-0.2, 0) is 16.1 Å². The number of ether oxygens (including phenoxy) is 3. The maximum absolute atomic E-state index is 12.5. The first kappa shape index (κ1) is 20.5. The smallest absolute Gasteiger partial charge is 0.325 e. The summed E-state index contributed by atoms with van der Waals surface area (Å²) in [5.74, 6) is -0.242. The lowest BCUT2D eigenvalue weighted by Gasteiger charge is -2.08. The van der Waals surface area contributed by atoms with Crippen molar-refractivity contribution >= 4 is 49.8 Å². The quantitative estimate of drug-likeness (QED) is 0.330. The number of hydrogen-bond acceptors (Lipinski definition) is 9. The second-order valence-electron chi connectivity index (χ2n) is 5.53. The molecular formula is C17H15N3O7S2. The summed E-state index contributed by atoms with van der Waals surface area (Å²) in [5, 5.41) is 10.7. The van der Waals surface area contributed by atoms with Crippen LogP contribution in [0, 0.1) is 10.1 Å². The van der Waals surface area contributed by atoms with Crippen LogP contribution in [0.25, 0.3) is 10.2 Å². The first-order valence-electron chi connectivity index (χ1n) is 8.03. The number of rotatable bonds is 6. The number of carbonyl (C=O) groups is 2. The standard InChI is InChI=1S/C17H15N3O7S2/c1-25-10-6-9-13(7-11(10)26-2)29-17(19(9)8-15(21)27-3)18-16(22)12-4-5-14(28-12)20(23)24/h4-7H,8H2,1-3H3. The normalized spacial score (nSPS) is 11.5. The molecule has 0 aliphatic rings. The molecule has 0 unspecified atom stereocenters. The Morgan fingerprint density at radius 2 is 1.83 bits per heavy atom. The summed E-state index contributed by atoms with van der Waals surface area (Å²) in [6.45, 7) is -0.178.